The van der Waals surface area contributed by atoms with Gasteiger partial charge in [0.2, 0.25) is 5.91 Å². The molecule has 1 amide bonds. The molecule has 2 aromatic carbocycles. The number of hydrogen-bond donors (Lipinski definition) is 2. The quantitative estimate of drug-likeness (QED) is 0.817. The van der Waals surface area contributed by atoms with Crippen LogP contribution in [0, 0.1) is 11.3 Å². The molecule has 0 aromatic heterocycles. The molecule has 4 N–H and O–H groups in total. The SMILES string of the molecule is N#Cc1cccc(Oc2ccc(C(N)=O)cc2N)c1. The third-order valence-corrected chi connectivity index (χ3v) is 2.49. The third-order valence-electron chi connectivity index (χ3n) is 2.49. The molecule has 0 atom stereocenters. The Balaban J connectivity index is 2.28. The van der Waals surface area contributed by atoms with Gasteiger partial charge in [-0.05, 0) is 36.4 Å². The fraction of sp³-hybridized carbons (Fsp3) is 0. The lowest BCUT2D eigenvalue weighted by Gasteiger charge is -2.09. The average molecular weight is 253 g/mol. The molecule has 0 unspecified atom stereocenters. The lowest BCUT2D eigenvalue weighted by molar-refractivity contribution is 0.100. The molecule has 94 valence electrons. The number of carbonyl (C=O) groups is 1. The van der Waals surface area contributed by atoms with E-state index in [2.05, 4.69) is 0 Å². The first kappa shape index (κ1) is 12.5. The summed E-state index contributed by atoms with van der Waals surface area (Å²) in [6, 6.07) is 13.3. The van der Waals surface area contributed by atoms with Gasteiger partial charge in [-0.25, -0.2) is 0 Å². The monoisotopic (exact) mass is 253 g/mol. The van der Waals surface area contributed by atoms with Gasteiger partial charge in [-0.1, -0.05) is 6.07 Å². The minimum Gasteiger partial charge on any atom is -0.455 e. The molecule has 0 heterocycles. The van der Waals surface area contributed by atoms with Gasteiger partial charge in [-0.2, -0.15) is 5.26 Å². The Hall–Kier alpha value is -3.00. The van der Waals surface area contributed by atoms with Crippen molar-refractivity contribution in [1.29, 1.82) is 5.26 Å². The van der Waals surface area contributed by atoms with E-state index in [0.29, 0.717) is 28.3 Å². The van der Waals surface area contributed by atoms with Crippen LogP contribution < -0.4 is 16.2 Å². The predicted molar refractivity (Wildman–Crippen MR) is 70.6 cm³/mol. The van der Waals surface area contributed by atoms with Crippen molar-refractivity contribution < 1.29 is 9.53 Å². The number of anilines is 1. The van der Waals surface area contributed by atoms with E-state index in [1.165, 1.54) is 12.1 Å². The Morgan fingerprint density at radius 2 is 2.00 bits per heavy atom. The second kappa shape index (κ2) is 5.10. The van der Waals surface area contributed by atoms with Gasteiger partial charge in [0, 0.05) is 5.56 Å². The van der Waals surface area contributed by atoms with Crippen molar-refractivity contribution in [2.45, 2.75) is 0 Å². The van der Waals surface area contributed by atoms with E-state index in [1.807, 2.05) is 6.07 Å². The second-order valence-electron chi connectivity index (χ2n) is 3.86. The second-order valence-corrected chi connectivity index (χ2v) is 3.86. The van der Waals surface area contributed by atoms with Crippen LogP contribution >= 0.6 is 0 Å². The maximum absolute atomic E-state index is 11.0. The number of carbonyl (C=O) groups excluding carboxylic acids is 1. The van der Waals surface area contributed by atoms with Gasteiger partial charge in [0.25, 0.3) is 0 Å². The molecule has 0 aliphatic rings. The predicted octanol–water partition coefficient (Wildman–Crippen LogP) is 2.03. The number of nitrogens with zero attached hydrogens (tertiary/aromatic N) is 1. The minimum atomic E-state index is -0.551. The lowest BCUT2D eigenvalue weighted by atomic mass is 10.2. The van der Waals surface area contributed by atoms with Gasteiger partial charge in [0.15, 0.2) is 0 Å². The van der Waals surface area contributed by atoms with Crippen LogP contribution in [-0.2, 0) is 0 Å². The van der Waals surface area contributed by atoms with Crippen LogP contribution in [0.3, 0.4) is 0 Å². The summed E-state index contributed by atoms with van der Waals surface area (Å²) in [4.78, 5) is 11.0. The minimum absolute atomic E-state index is 0.304. The maximum Gasteiger partial charge on any atom is 0.248 e. The van der Waals surface area contributed by atoms with Crippen LogP contribution in [0.5, 0.6) is 11.5 Å². The molecule has 0 radical (unpaired) electrons. The first-order valence-corrected chi connectivity index (χ1v) is 5.47. The summed E-state index contributed by atoms with van der Waals surface area (Å²) in [5, 5.41) is 8.80. The van der Waals surface area contributed by atoms with Gasteiger partial charge in [-0.3, -0.25) is 4.79 Å². The summed E-state index contributed by atoms with van der Waals surface area (Å²) in [6.07, 6.45) is 0. The molecular weight excluding hydrogens is 242 g/mol. The standard InChI is InChI=1S/C14H11N3O2/c15-8-9-2-1-3-11(6-9)19-13-5-4-10(14(17)18)7-12(13)16/h1-7H,16H2,(H2,17,18). The van der Waals surface area contributed by atoms with Crippen molar-refractivity contribution >= 4 is 11.6 Å². The van der Waals surface area contributed by atoms with E-state index in [-0.39, 0.29) is 0 Å². The van der Waals surface area contributed by atoms with Crippen molar-refractivity contribution in [1.82, 2.24) is 0 Å². The summed E-state index contributed by atoms with van der Waals surface area (Å²) in [5.74, 6) is 0.349. The largest absolute Gasteiger partial charge is 0.455 e. The van der Waals surface area contributed by atoms with Gasteiger partial charge >= 0.3 is 0 Å². The van der Waals surface area contributed by atoms with E-state index < -0.39 is 5.91 Å². The van der Waals surface area contributed by atoms with Crippen LogP contribution in [-0.4, -0.2) is 5.91 Å². The van der Waals surface area contributed by atoms with Gasteiger partial charge in [0.05, 0.1) is 17.3 Å². The first-order chi connectivity index (χ1) is 9.10. The van der Waals surface area contributed by atoms with Crippen LogP contribution in [0.25, 0.3) is 0 Å². The number of nitrogens with two attached hydrogens (primary N) is 2. The zero-order valence-corrected chi connectivity index (χ0v) is 9.96. The van der Waals surface area contributed by atoms with Crippen LogP contribution in [0.4, 0.5) is 5.69 Å². The fourth-order valence-electron chi connectivity index (χ4n) is 1.55. The van der Waals surface area contributed by atoms with E-state index in [1.54, 1.807) is 30.3 Å². The Morgan fingerprint density at radius 3 is 2.63 bits per heavy atom. The van der Waals surface area contributed by atoms with Gasteiger partial charge < -0.3 is 16.2 Å². The number of ether oxygens (including phenoxy) is 1. The van der Waals surface area contributed by atoms with Crippen molar-refractivity contribution in [2.24, 2.45) is 5.73 Å². The van der Waals surface area contributed by atoms with E-state index in [0.717, 1.165) is 0 Å². The number of nitrogen functional groups attached to an aromatic ring is 1. The Kier molecular flexibility index (Phi) is 3.35. The molecule has 5 nitrogen and oxygen atoms in total. The van der Waals surface area contributed by atoms with Crippen molar-refractivity contribution in [3.63, 3.8) is 0 Å². The topological polar surface area (TPSA) is 102 Å². The molecule has 0 spiro atoms. The summed E-state index contributed by atoms with van der Waals surface area (Å²) >= 11 is 0. The molecule has 0 fully saturated rings. The van der Waals surface area contributed by atoms with Crippen molar-refractivity contribution in [2.75, 3.05) is 5.73 Å². The number of benzene rings is 2. The number of rotatable bonds is 3. The fourth-order valence-corrected chi connectivity index (χ4v) is 1.55. The number of amides is 1. The highest BCUT2D eigenvalue weighted by Crippen LogP contribution is 2.28. The molecule has 0 bridgehead atoms. The Morgan fingerprint density at radius 1 is 1.21 bits per heavy atom. The molecular formula is C14H11N3O2. The molecule has 0 aliphatic carbocycles. The van der Waals surface area contributed by atoms with E-state index in [9.17, 15) is 4.79 Å². The maximum atomic E-state index is 11.0. The van der Waals surface area contributed by atoms with Gasteiger partial charge in [0.1, 0.15) is 11.5 Å². The highest BCUT2D eigenvalue weighted by molar-refractivity contribution is 5.94. The van der Waals surface area contributed by atoms with Crippen LogP contribution in [0.15, 0.2) is 42.5 Å². The van der Waals surface area contributed by atoms with Gasteiger partial charge in [-0.15, -0.1) is 0 Å². The number of primary amides is 1. The van der Waals surface area contributed by atoms with E-state index in [4.69, 9.17) is 21.5 Å². The highest BCUT2D eigenvalue weighted by Gasteiger charge is 2.07. The average Bonchev–Trinajstić information content (AvgIpc) is 2.41. The highest BCUT2D eigenvalue weighted by atomic mass is 16.5. The number of nitriles is 1. The molecule has 5 heteroatoms. The third kappa shape index (κ3) is 2.82. The summed E-state index contributed by atoms with van der Waals surface area (Å²) in [5.41, 5.74) is 12.0. The smallest absolute Gasteiger partial charge is 0.248 e. The van der Waals surface area contributed by atoms with Crippen LogP contribution in [0.2, 0.25) is 0 Å². The normalized spacial score (nSPS) is 9.63. The zero-order valence-electron chi connectivity index (χ0n) is 9.96. The number of hydrogen-bond acceptors (Lipinski definition) is 4. The lowest BCUT2D eigenvalue weighted by Crippen LogP contribution is -2.11. The molecule has 0 saturated heterocycles. The molecule has 2 aromatic rings. The van der Waals surface area contributed by atoms with Crippen molar-refractivity contribution in [3.8, 4) is 17.6 Å². The summed E-state index contributed by atoms with van der Waals surface area (Å²) in [7, 11) is 0. The van der Waals surface area contributed by atoms with Crippen molar-refractivity contribution in [3.05, 3.63) is 53.6 Å². The van der Waals surface area contributed by atoms with Crippen LogP contribution in [0.1, 0.15) is 15.9 Å². The zero-order chi connectivity index (χ0) is 13.8. The molecule has 2 rings (SSSR count). The Bertz CT molecular complexity index is 675. The summed E-state index contributed by atoms with van der Waals surface area (Å²) in [6.45, 7) is 0. The summed E-state index contributed by atoms with van der Waals surface area (Å²) < 4.78 is 5.56. The first-order valence-electron chi connectivity index (χ1n) is 5.47. The van der Waals surface area contributed by atoms with E-state index >= 15 is 0 Å². The molecule has 19 heavy (non-hydrogen) atoms. The Labute approximate surface area is 110 Å². The molecule has 0 aliphatic heterocycles. The molecule has 0 saturated carbocycles.